The quantitative estimate of drug-likeness (QED) is 0.572. The van der Waals surface area contributed by atoms with Gasteiger partial charge in [-0.1, -0.05) is 0 Å². The lowest BCUT2D eigenvalue weighted by Gasteiger charge is -2.01. The molecule has 0 radical (unpaired) electrons. The summed E-state index contributed by atoms with van der Waals surface area (Å²) in [6.07, 6.45) is 1.21. The highest BCUT2D eigenvalue weighted by atomic mass is 16.5. The zero-order valence-electron chi connectivity index (χ0n) is 7.08. The Hall–Kier alpha value is -0.860. The van der Waals surface area contributed by atoms with E-state index in [-0.39, 0.29) is 11.9 Å². The van der Waals surface area contributed by atoms with Crippen LogP contribution in [0.25, 0.3) is 0 Å². The fraction of sp³-hybridized carbons (Fsp3) is 0.778. The van der Waals surface area contributed by atoms with Gasteiger partial charge in [0.05, 0.1) is 12.5 Å². The third kappa shape index (κ3) is 1.04. The van der Waals surface area contributed by atoms with E-state index in [1.165, 1.54) is 0 Å². The molecule has 0 saturated heterocycles. The predicted molar refractivity (Wildman–Crippen MR) is 41.3 cm³/mol. The van der Waals surface area contributed by atoms with E-state index < -0.39 is 0 Å². The largest absolute Gasteiger partial charge is 0.466 e. The first kappa shape index (κ1) is 7.77. The van der Waals surface area contributed by atoms with Crippen LogP contribution in [0.3, 0.4) is 0 Å². The van der Waals surface area contributed by atoms with Gasteiger partial charge in [-0.15, -0.1) is 0 Å². The third-order valence-electron chi connectivity index (χ3n) is 2.82. The van der Waals surface area contributed by atoms with Crippen LogP contribution >= 0.6 is 0 Å². The molecule has 66 valence electrons. The molecule has 2 rings (SSSR count). The number of Topliss-reactive ketones (excluding diaryl/α,β-unsaturated/α-hetero) is 1. The molecule has 0 heterocycles. The van der Waals surface area contributed by atoms with Gasteiger partial charge in [-0.2, -0.15) is 0 Å². The molecule has 0 aromatic rings. The molecule has 3 atom stereocenters. The number of fused-ring (bicyclic) bond motifs is 1. The lowest BCUT2D eigenvalue weighted by molar-refractivity contribution is -0.145. The van der Waals surface area contributed by atoms with E-state index in [1.807, 2.05) is 0 Å². The van der Waals surface area contributed by atoms with Crippen molar-refractivity contribution >= 4 is 11.8 Å². The number of hydrogen-bond donors (Lipinski definition) is 0. The monoisotopic (exact) mass is 168 g/mol. The summed E-state index contributed by atoms with van der Waals surface area (Å²) in [5.74, 6) is 0.932. The maximum absolute atomic E-state index is 11.2. The minimum atomic E-state index is -0.0972. The van der Waals surface area contributed by atoms with Crippen LogP contribution in [0.4, 0.5) is 0 Å². The van der Waals surface area contributed by atoms with Gasteiger partial charge in [0.15, 0.2) is 0 Å². The standard InChI is InChI=1S/C9H12O3/c1-2-12-9(11)8-6-3-5(10)4-7(6)8/h6-8H,2-4H2,1H3/t6-,7?,8?/m0/s1. The van der Waals surface area contributed by atoms with E-state index in [0.29, 0.717) is 37.1 Å². The first-order chi connectivity index (χ1) is 5.74. The Balaban J connectivity index is 1.89. The summed E-state index contributed by atoms with van der Waals surface area (Å²) in [6, 6.07) is 0. The van der Waals surface area contributed by atoms with Crippen molar-refractivity contribution in [1.82, 2.24) is 0 Å². The molecule has 2 aliphatic carbocycles. The molecule has 2 saturated carbocycles. The molecule has 2 unspecified atom stereocenters. The summed E-state index contributed by atoms with van der Waals surface area (Å²) in [4.78, 5) is 22.0. The summed E-state index contributed by atoms with van der Waals surface area (Å²) in [6.45, 7) is 2.25. The minimum absolute atomic E-state index is 0.0580. The van der Waals surface area contributed by atoms with Crippen molar-refractivity contribution < 1.29 is 14.3 Å². The highest BCUT2D eigenvalue weighted by Crippen LogP contribution is 2.56. The number of rotatable bonds is 2. The molecule has 3 nitrogen and oxygen atoms in total. The van der Waals surface area contributed by atoms with Gasteiger partial charge in [0.2, 0.25) is 0 Å². The van der Waals surface area contributed by atoms with Gasteiger partial charge in [0, 0.05) is 12.8 Å². The zero-order chi connectivity index (χ0) is 8.72. The maximum Gasteiger partial charge on any atom is 0.309 e. The normalized spacial score (nSPS) is 37.8. The molecule has 0 N–H and O–H groups in total. The van der Waals surface area contributed by atoms with Gasteiger partial charge in [0.25, 0.3) is 0 Å². The van der Waals surface area contributed by atoms with Crippen LogP contribution in [0.15, 0.2) is 0 Å². The average molecular weight is 168 g/mol. The summed E-state index contributed by atoms with van der Waals surface area (Å²) in [7, 11) is 0. The molecule has 0 aromatic heterocycles. The number of carbonyl (C=O) groups is 2. The van der Waals surface area contributed by atoms with Gasteiger partial charge in [-0.05, 0) is 18.8 Å². The molecule has 2 aliphatic rings. The molecule has 12 heavy (non-hydrogen) atoms. The molecule has 0 spiro atoms. The predicted octanol–water partition coefficient (Wildman–Crippen LogP) is 0.775. The first-order valence-electron chi connectivity index (χ1n) is 4.42. The Labute approximate surface area is 71.1 Å². The molecule has 0 aromatic carbocycles. The lowest BCUT2D eigenvalue weighted by atomic mass is 10.1. The highest BCUT2D eigenvalue weighted by molar-refractivity contribution is 5.88. The molecular weight excluding hydrogens is 156 g/mol. The maximum atomic E-state index is 11.2. The topological polar surface area (TPSA) is 43.4 Å². The van der Waals surface area contributed by atoms with Crippen molar-refractivity contribution in [2.45, 2.75) is 19.8 Å². The zero-order valence-corrected chi connectivity index (χ0v) is 7.08. The summed E-state index contributed by atoms with van der Waals surface area (Å²) in [5, 5.41) is 0. The van der Waals surface area contributed by atoms with Gasteiger partial charge < -0.3 is 4.74 Å². The molecular formula is C9H12O3. The van der Waals surface area contributed by atoms with E-state index >= 15 is 0 Å². The summed E-state index contributed by atoms with van der Waals surface area (Å²) >= 11 is 0. The SMILES string of the molecule is CCOC(=O)C1C2CC(=O)C[C@@H]21. The second-order valence-corrected chi connectivity index (χ2v) is 3.55. The fourth-order valence-electron chi connectivity index (χ4n) is 2.20. The smallest absolute Gasteiger partial charge is 0.309 e. The van der Waals surface area contributed by atoms with E-state index in [1.54, 1.807) is 6.92 Å². The molecule has 2 fully saturated rings. The number of ether oxygens (including phenoxy) is 1. The second-order valence-electron chi connectivity index (χ2n) is 3.55. The van der Waals surface area contributed by atoms with Crippen molar-refractivity contribution in [1.29, 1.82) is 0 Å². The van der Waals surface area contributed by atoms with E-state index in [4.69, 9.17) is 4.74 Å². The van der Waals surface area contributed by atoms with Gasteiger partial charge in [0.1, 0.15) is 5.78 Å². The van der Waals surface area contributed by atoms with Crippen LogP contribution < -0.4 is 0 Å². The van der Waals surface area contributed by atoms with Crippen LogP contribution in [0.5, 0.6) is 0 Å². The minimum Gasteiger partial charge on any atom is -0.466 e. The van der Waals surface area contributed by atoms with E-state index in [2.05, 4.69) is 0 Å². The Morgan fingerprint density at radius 1 is 1.50 bits per heavy atom. The summed E-state index contributed by atoms with van der Waals surface area (Å²) in [5.41, 5.74) is 0. The van der Waals surface area contributed by atoms with Crippen molar-refractivity contribution in [2.75, 3.05) is 6.61 Å². The molecule has 0 bridgehead atoms. The van der Waals surface area contributed by atoms with Gasteiger partial charge in [-0.3, -0.25) is 9.59 Å². The van der Waals surface area contributed by atoms with Crippen molar-refractivity contribution in [3.63, 3.8) is 0 Å². The van der Waals surface area contributed by atoms with Gasteiger partial charge >= 0.3 is 5.97 Å². The number of ketones is 1. The Morgan fingerprint density at radius 3 is 2.58 bits per heavy atom. The van der Waals surface area contributed by atoms with E-state index in [9.17, 15) is 9.59 Å². The highest BCUT2D eigenvalue weighted by Gasteiger charge is 2.60. The number of esters is 1. The molecule has 3 heteroatoms. The number of carbonyl (C=O) groups excluding carboxylic acids is 2. The van der Waals surface area contributed by atoms with Crippen LogP contribution in [-0.4, -0.2) is 18.4 Å². The van der Waals surface area contributed by atoms with Crippen molar-refractivity contribution in [3.8, 4) is 0 Å². The van der Waals surface area contributed by atoms with Crippen LogP contribution in [-0.2, 0) is 14.3 Å². The third-order valence-corrected chi connectivity index (χ3v) is 2.82. The summed E-state index contributed by atoms with van der Waals surface area (Å²) < 4.78 is 4.89. The lowest BCUT2D eigenvalue weighted by Crippen LogP contribution is -2.12. The number of hydrogen-bond acceptors (Lipinski definition) is 3. The molecule has 0 aliphatic heterocycles. The van der Waals surface area contributed by atoms with E-state index in [0.717, 1.165) is 0 Å². The Bertz CT molecular complexity index is 220. The fourth-order valence-corrected chi connectivity index (χ4v) is 2.20. The van der Waals surface area contributed by atoms with Crippen molar-refractivity contribution in [3.05, 3.63) is 0 Å². The Kier molecular flexibility index (Phi) is 1.67. The first-order valence-corrected chi connectivity index (χ1v) is 4.42. The van der Waals surface area contributed by atoms with Crippen LogP contribution in [0, 0.1) is 17.8 Å². The van der Waals surface area contributed by atoms with Gasteiger partial charge in [-0.25, -0.2) is 0 Å². The average Bonchev–Trinajstić information content (AvgIpc) is 2.51. The van der Waals surface area contributed by atoms with Crippen LogP contribution in [0.2, 0.25) is 0 Å². The van der Waals surface area contributed by atoms with Crippen molar-refractivity contribution in [2.24, 2.45) is 17.8 Å². The Morgan fingerprint density at radius 2 is 2.08 bits per heavy atom. The van der Waals surface area contributed by atoms with Crippen LogP contribution in [0.1, 0.15) is 19.8 Å². The second kappa shape index (κ2) is 2.57. The molecule has 0 amide bonds.